The Balaban J connectivity index is 2.85. The van der Waals surface area contributed by atoms with E-state index in [4.69, 9.17) is 33.7 Å². The summed E-state index contributed by atoms with van der Waals surface area (Å²) in [4.78, 5) is 22.7. The molecule has 0 aliphatic heterocycles. The van der Waals surface area contributed by atoms with E-state index in [0.717, 1.165) is 5.56 Å². The van der Waals surface area contributed by atoms with Crippen molar-refractivity contribution in [3.63, 3.8) is 0 Å². The van der Waals surface area contributed by atoms with Gasteiger partial charge >= 0.3 is 6.09 Å². The Morgan fingerprint density at radius 3 is 2.45 bits per heavy atom. The lowest BCUT2D eigenvalue weighted by molar-refractivity contribution is -0.118. The predicted octanol–water partition coefficient (Wildman–Crippen LogP) is 3.44. The lowest BCUT2D eigenvalue weighted by atomic mass is 10.0. The third-order valence-corrected chi connectivity index (χ3v) is 3.59. The molecule has 0 atom stereocenters. The molecule has 0 saturated carbocycles. The molecule has 0 unspecified atom stereocenters. The molecule has 0 aliphatic carbocycles. The number of ether oxygens (including phenoxy) is 1. The van der Waals surface area contributed by atoms with Crippen molar-refractivity contribution in [3.8, 4) is 0 Å². The first-order valence-corrected chi connectivity index (χ1v) is 7.56. The van der Waals surface area contributed by atoms with E-state index in [1.807, 2.05) is 0 Å². The number of alkyl carbamates (subject to hydrolysis) is 1. The molecule has 1 aromatic carbocycles. The molecule has 2 amide bonds. The van der Waals surface area contributed by atoms with Gasteiger partial charge in [0.25, 0.3) is 0 Å². The van der Waals surface area contributed by atoms with Crippen LogP contribution in [0.4, 0.5) is 4.79 Å². The molecule has 122 valence electrons. The molecule has 0 heterocycles. The van der Waals surface area contributed by atoms with E-state index in [2.05, 4.69) is 5.32 Å². The van der Waals surface area contributed by atoms with Crippen molar-refractivity contribution in [1.82, 2.24) is 5.32 Å². The SMILES string of the molecule is CC(C)(C)OC(=O)NCc1c(CCC(N)=O)ccc(Cl)c1Cl. The highest BCUT2D eigenvalue weighted by Gasteiger charge is 2.17. The van der Waals surface area contributed by atoms with Crippen molar-refractivity contribution in [1.29, 1.82) is 0 Å². The quantitative estimate of drug-likeness (QED) is 0.856. The molecule has 7 heteroatoms. The molecule has 0 spiro atoms. The average Bonchev–Trinajstić information content (AvgIpc) is 2.36. The first-order valence-electron chi connectivity index (χ1n) is 6.81. The van der Waals surface area contributed by atoms with Crippen LogP contribution in [-0.2, 0) is 22.5 Å². The minimum absolute atomic E-state index is 0.155. The van der Waals surface area contributed by atoms with Crippen LogP contribution in [-0.4, -0.2) is 17.6 Å². The van der Waals surface area contributed by atoms with Crippen LogP contribution >= 0.6 is 23.2 Å². The number of halogens is 2. The Bertz CT molecular complexity index is 569. The fourth-order valence-electron chi connectivity index (χ4n) is 1.79. The molecule has 0 bridgehead atoms. The lowest BCUT2D eigenvalue weighted by Crippen LogP contribution is -2.32. The summed E-state index contributed by atoms with van der Waals surface area (Å²) in [7, 11) is 0. The van der Waals surface area contributed by atoms with Crippen molar-refractivity contribution >= 4 is 35.2 Å². The van der Waals surface area contributed by atoms with E-state index in [1.54, 1.807) is 32.9 Å². The fourth-order valence-corrected chi connectivity index (χ4v) is 2.22. The molecule has 0 aliphatic rings. The number of aryl methyl sites for hydroxylation is 1. The lowest BCUT2D eigenvalue weighted by Gasteiger charge is -2.20. The summed E-state index contributed by atoms with van der Waals surface area (Å²) < 4.78 is 5.17. The van der Waals surface area contributed by atoms with Gasteiger partial charge in [0.05, 0.1) is 10.0 Å². The molecule has 0 saturated heterocycles. The summed E-state index contributed by atoms with van der Waals surface area (Å²) in [6.45, 7) is 5.48. The van der Waals surface area contributed by atoms with Crippen LogP contribution in [0.2, 0.25) is 10.0 Å². The number of hydrogen-bond donors (Lipinski definition) is 2. The van der Waals surface area contributed by atoms with Crippen molar-refractivity contribution in [2.45, 2.75) is 45.8 Å². The van der Waals surface area contributed by atoms with Gasteiger partial charge in [-0.2, -0.15) is 0 Å². The van der Waals surface area contributed by atoms with Crippen LogP contribution in [0.25, 0.3) is 0 Å². The molecular weight excluding hydrogens is 327 g/mol. The van der Waals surface area contributed by atoms with E-state index in [9.17, 15) is 9.59 Å². The maximum absolute atomic E-state index is 11.7. The standard InChI is InChI=1S/C15H20Cl2N2O3/c1-15(2,3)22-14(21)19-8-10-9(5-7-12(18)20)4-6-11(16)13(10)17/h4,6H,5,7-8H2,1-3H3,(H2,18,20)(H,19,21). The van der Waals surface area contributed by atoms with Gasteiger partial charge in [0, 0.05) is 13.0 Å². The smallest absolute Gasteiger partial charge is 0.407 e. The maximum Gasteiger partial charge on any atom is 0.407 e. The average molecular weight is 347 g/mol. The highest BCUT2D eigenvalue weighted by Crippen LogP contribution is 2.29. The normalized spacial score (nSPS) is 11.1. The molecule has 1 rings (SSSR count). The largest absolute Gasteiger partial charge is 0.444 e. The summed E-state index contributed by atoms with van der Waals surface area (Å²) in [5.74, 6) is -0.405. The Kier molecular flexibility index (Phi) is 6.50. The third-order valence-electron chi connectivity index (χ3n) is 2.74. The minimum atomic E-state index is -0.586. The van der Waals surface area contributed by atoms with Crippen molar-refractivity contribution in [2.24, 2.45) is 5.73 Å². The Morgan fingerprint density at radius 1 is 1.27 bits per heavy atom. The Labute approximate surface area is 140 Å². The third kappa shape index (κ3) is 6.12. The van der Waals surface area contributed by atoms with E-state index >= 15 is 0 Å². The summed E-state index contributed by atoms with van der Waals surface area (Å²) in [6, 6.07) is 3.42. The van der Waals surface area contributed by atoms with Crippen LogP contribution in [0.5, 0.6) is 0 Å². The minimum Gasteiger partial charge on any atom is -0.444 e. The molecule has 3 N–H and O–H groups in total. The van der Waals surface area contributed by atoms with Gasteiger partial charge in [-0.3, -0.25) is 4.79 Å². The number of amides is 2. The number of benzene rings is 1. The van der Waals surface area contributed by atoms with Gasteiger partial charge in [0.2, 0.25) is 5.91 Å². The Hall–Kier alpha value is -1.46. The number of rotatable bonds is 5. The van der Waals surface area contributed by atoms with E-state index in [1.165, 1.54) is 0 Å². The summed E-state index contributed by atoms with van der Waals surface area (Å²) >= 11 is 12.2. The number of nitrogens with one attached hydrogen (secondary N) is 1. The van der Waals surface area contributed by atoms with Gasteiger partial charge in [-0.25, -0.2) is 4.79 Å². The van der Waals surface area contributed by atoms with E-state index < -0.39 is 17.6 Å². The first-order chi connectivity index (χ1) is 10.1. The first kappa shape index (κ1) is 18.6. The second kappa shape index (κ2) is 7.70. The second-order valence-corrected chi connectivity index (χ2v) is 6.61. The monoisotopic (exact) mass is 346 g/mol. The van der Waals surface area contributed by atoms with Crippen LogP contribution < -0.4 is 11.1 Å². The Morgan fingerprint density at radius 2 is 1.91 bits per heavy atom. The van der Waals surface area contributed by atoms with Crippen LogP contribution in [0.15, 0.2) is 12.1 Å². The number of nitrogens with two attached hydrogens (primary N) is 1. The zero-order valence-electron chi connectivity index (χ0n) is 12.8. The maximum atomic E-state index is 11.7. The highest BCUT2D eigenvalue weighted by atomic mass is 35.5. The number of primary amides is 1. The highest BCUT2D eigenvalue weighted by molar-refractivity contribution is 6.42. The number of carbonyl (C=O) groups excluding carboxylic acids is 2. The molecule has 0 radical (unpaired) electrons. The van der Waals surface area contributed by atoms with Gasteiger partial charge < -0.3 is 15.8 Å². The van der Waals surface area contributed by atoms with Gasteiger partial charge in [0.1, 0.15) is 5.60 Å². The van der Waals surface area contributed by atoms with Gasteiger partial charge in [-0.1, -0.05) is 29.3 Å². The molecule has 1 aromatic rings. The van der Waals surface area contributed by atoms with Gasteiger partial charge in [0.15, 0.2) is 0 Å². The fraction of sp³-hybridized carbons (Fsp3) is 0.467. The number of hydrogen-bond acceptors (Lipinski definition) is 3. The molecular formula is C15H20Cl2N2O3. The molecule has 22 heavy (non-hydrogen) atoms. The van der Waals surface area contributed by atoms with Gasteiger partial charge in [-0.15, -0.1) is 0 Å². The van der Waals surface area contributed by atoms with Crippen LogP contribution in [0.3, 0.4) is 0 Å². The van der Waals surface area contributed by atoms with Crippen LogP contribution in [0, 0.1) is 0 Å². The van der Waals surface area contributed by atoms with Gasteiger partial charge in [-0.05, 0) is 44.4 Å². The van der Waals surface area contributed by atoms with Crippen molar-refractivity contribution in [3.05, 3.63) is 33.3 Å². The second-order valence-electron chi connectivity index (χ2n) is 5.82. The van der Waals surface area contributed by atoms with Crippen molar-refractivity contribution < 1.29 is 14.3 Å². The summed E-state index contributed by atoms with van der Waals surface area (Å²) in [5.41, 5.74) is 6.04. The molecule has 0 fully saturated rings. The topological polar surface area (TPSA) is 81.4 Å². The summed E-state index contributed by atoms with van der Waals surface area (Å²) in [6.07, 6.45) is 0.0685. The van der Waals surface area contributed by atoms with E-state index in [-0.39, 0.29) is 13.0 Å². The zero-order valence-corrected chi connectivity index (χ0v) is 14.3. The number of carbonyl (C=O) groups is 2. The molecule has 5 nitrogen and oxygen atoms in total. The van der Waals surface area contributed by atoms with Crippen LogP contribution in [0.1, 0.15) is 38.3 Å². The predicted molar refractivity (Wildman–Crippen MR) is 87.1 cm³/mol. The molecule has 0 aromatic heterocycles. The summed E-state index contributed by atoms with van der Waals surface area (Å²) in [5, 5.41) is 3.36. The van der Waals surface area contributed by atoms with Crippen molar-refractivity contribution in [2.75, 3.05) is 0 Å². The van der Waals surface area contributed by atoms with E-state index in [0.29, 0.717) is 22.0 Å². The zero-order chi connectivity index (χ0) is 16.9.